The van der Waals surface area contributed by atoms with Crippen molar-refractivity contribution < 1.29 is 19.0 Å². The zero-order valence-electron chi connectivity index (χ0n) is 21.7. The molecule has 4 N–H and O–H groups in total. The van der Waals surface area contributed by atoms with Crippen molar-refractivity contribution in [2.45, 2.75) is 64.8 Å². The van der Waals surface area contributed by atoms with Crippen molar-refractivity contribution in [1.29, 1.82) is 0 Å². The molecule has 2 heterocycles. The zero-order chi connectivity index (χ0) is 26.1. The lowest BCUT2D eigenvalue weighted by atomic mass is 9.98. The molecular weight excluding hydrogens is 461 g/mol. The number of aryl methyl sites for hydroxylation is 1. The molecular formula is C27H40FN5O3. The summed E-state index contributed by atoms with van der Waals surface area (Å²) in [6.45, 7) is 6.43. The molecule has 198 valence electrons. The van der Waals surface area contributed by atoms with Gasteiger partial charge in [-0.25, -0.2) is 9.37 Å². The number of halogens is 1. The smallest absolute Gasteiger partial charge is 0.310 e. The van der Waals surface area contributed by atoms with Crippen molar-refractivity contribution in [2.75, 3.05) is 44.4 Å². The van der Waals surface area contributed by atoms with Crippen LogP contribution in [-0.4, -0.2) is 65.3 Å². The number of nitrogens with zero attached hydrogens (tertiary/aromatic N) is 3. The van der Waals surface area contributed by atoms with E-state index in [1.807, 2.05) is 6.92 Å². The summed E-state index contributed by atoms with van der Waals surface area (Å²) in [6, 6.07) is 4.89. The van der Waals surface area contributed by atoms with E-state index in [9.17, 15) is 9.90 Å². The number of anilines is 2. The third-order valence-electron chi connectivity index (χ3n) is 6.84. The highest BCUT2D eigenvalue weighted by atomic mass is 19.1. The van der Waals surface area contributed by atoms with Crippen LogP contribution in [0, 0.1) is 18.7 Å². The monoisotopic (exact) mass is 501 g/mol. The molecule has 9 heteroatoms. The predicted molar refractivity (Wildman–Crippen MR) is 139 cm³/mol. The summed E-state index contributed by atoms with van der Waals surface area (Å²) in [7, 11) is 2.10. The Labute approximate surface area is 213 Å². The largest absolute Gasteiger partial charge is 0.465 e. The van der Waals surface area contributed by atoms with Gasteiger partial charge in [-0.1, -0.05) is 25.5 Å². The van der Waals surface area contributed by atoms with Gasteiger partial charge in [-0.3, -0.25) is 4.79 Å². The van der Waals surface area contributed by atoms with Gasteiger partial charge in [0.25, 0.3) is 0 Å². The van der Waals surface area contributed by atoms with Crippen LogP contribution in [0.4, 0.5) is 16.2 Å². The van der Waals surface area contributed by atoms with E-state index in [2.05, 4.69) is 34.2 Å². The van der Waals surface area contributed by atoms with Crippen LogP contribution in [0.2, 0.25) is 0 Å². The highest BCUT2D eigenvalue weighted by molar-refractivity contribution is 5.72. The molecule has 1 atom stereocenters. The summed E-state index contributed by atoms with van der Waals surface area (Å²) < 4.78 is 20.5. The van der Waals surface area contributed by atoms with Crippen LogP contribution >= 0.6 is 0 Å². The number of likely N-dealkylation sites (tertiary alicyclic amines) is 1. The summed E-state index contributed by atoms with van der Waals surface area (Å²) in [5, 5.41) is 12.8. The number of nitrogen functional groups attached to an aromatic ring is 1. The van der Waals surface area contributed by atoms with Crippen molar-refractivity contribution in [3.63, 3.8) is 0 Å². The summed E-state index contributed by atoms with van der Waals surface area (Å²) in [6.07, 6.45) is 4.75. The van der Waals surface area contributed by atoms with E-state index >= 15 is 4.39 Å². The second-order valence-corrected chi connectivity index (χ2v) is 9.85. The number of ether oxygens (including phenoxy) is 1. The Balaban J connectivity index is 1.66. The lowest BCUT2D eigenvalue weighted by molar-refractivity contribution is -0.144. The Morgan fingerprint density at radius 1 is 1.31 bits per heavy atom. The van der Waals surface area contributed by atoms with Crippen LogP contribution in [0.3, 0.4) is 0 Å². The van der Waals surface area contributed by atoms with E-state index < -0.39 is 5.82 Å². The lowest BCUT2D eigenvalue weighted by Gasteiger charge is -2.28. The second-order valence-electron chi connectivity index (χ2n) is 9.85. The first-order chi connectivity index (χ1) is 17.3. The first kappa shape index (κ1) is 27.8. The molecule has 1 fully saturated rings. The fourth-order valence-electron chi connectivity index (χ4n) is 4.63. The summed E-state index contributed by atoms with van der Waals surface area (Å²) in [5.74, 6) is 0.381. The Bertz CT molecular complexity index is 1010. The topological polar surface area (TPSA) is 114 Å². The Kier molecular flexibility index (Phi) is 10.4. The maximum atomic E-state index is 15.1. The molecule has 36 heavy (non-hydrogen) atoms. The highest BCUT2D eigenvalue weighted by Crippen LogP contribution is 2.25. The van der Waals surface area contributed by atoms with Crippen molar-refractivity contribution in [3.05, 3.63) is 46.4 Å². The standard InChI is InChI=1S/C27H40FN5O3/c1-4-5-22(10-13-34)31-26-23(18(2)30-27(29)32-26)16-21-7-6-20(14-24(21)28)15-25(35)36-17-19-8-11-33(3)12-9-19/h6-7,14,19,22,34H,4-5,8-13,15-17H2,1-3H3,(H3,29,30,31,32). The van der Waals surface area contributed by atoms with Crippen LogP contribution in [0.1, 0.15) is 61.4 Å². The first-order valence-corrected chi connectivity index (χ1v) is 12.9. The van der Waals surface area contributed by atoms with E-state index in [4.69, 9.17) is 10.5 Å². The number of esters is 1. The van der Waals surface area contributed by atoms with Gasteiger partial charge in [-0.05, 0) is 75.9 Å². The minimum absolute atomic E-state index is 0.0280. The number of aliphatic hydroxyl groups is 1. The van der Waals surface area contributed by atoms with Crippen molar-refractivity contribution in [2.24, 2.45) is 5.92 Å². The number of benzene rings is 1. The van der Waals surface area contributed by atoms with Gasteiger partial charge in [0.2, 0.25) is 5.95 Å². The number of carbonyl (C=O) groups is 1. The fourth-order valence-corrected chi connectivity index (χ4v) is 4.63. The lowest BCUT2D eigenvalue weighted by Crippen LogP contribution is -2.32. The van der Waals surface area contributed by atoms with E-state index in [0.717, 1.165) is 44.3 Å². The molecule has 1 unspecified atom stereocenters. The van der Waals surface area contributed by atoms with E-state index in [-0.39, 0.29) is 37.4 Å². The minimum Gasteiger partial charge on any atom is -0.465 e. The molecule has 0 saturated carbocycles. The third kappa shape index (κ3) is 8.13. The summed E-state index contributed by atoms with van der Waals surface area (Å²) >= 11 is 0. The number of rotatable bonds is 12. The minimum atomic E-state index is -0.391. The maximum absolute atomic E-state index is 15.1. The van der Waals surface area contributed by atoms with Crippen LogP contribution in [0.25, 0.3) is 0 Å². The van der Waals surface area contributed by atoms with Gasteiger partial charge >= 0.3 is 5.97 Å². The SMILES string of the molecule is CCCC(CCO)Nc1nc(N)nc(C)c1Cc1ccc(CC(=O)OCC2CCN(C)CC2)cc1F. The molecule has 1 saturated heterocycles. The van der Waals surface area contributed by atoms with Crippen LogP contribution in [-0.2, 0) is 22.4 Å². The zero-order valence-corrected chi connectivity index (χ0v) is 21.7. The number of piperidine rings is 1. The molecule has 1 aliphatic rings. The molecule has 1 aliphatic heterocycles. The highest BCUT2D eigenvalue weighted by Gasteiger charge is 2.20. The summed E-state index contributed by atoms with van der Waals surface area (Å²) in [4.78, 5) is 23.2. The second kappa shape index (κ2) is 13.5. The number of aromatic nitrogens is 2. The number of nitrogens with one attached hydrogen (secondary N) is 1. The first-order valence-electron chi connectivity index (χ1n) is 12.9. The molecule has 0 amide bonds. The summed E-state index contributed by atoms with van der Waals surface area (Å²) in [5.41, 5.74) is 8.38. The van der Waals surface area contributed by atoms with Gasteiger partial charge in [0.05, 0.1) is 13.0 Å². The number of carbonyl (C=O) groups excluding carboxylic acids is 1. The molecule has 0 aliphatic carbocycles. The molecule has 3 rings (SSSR count). The van der Waals surface area contributed by atoms with Crippen LogP contribution in [0.5, 0.6) is 0 Å². The van der Waals surface area contributed by atoms with Gasteiger partial charge in [0.15, 0.2) is 0 Å². The van der Waals surface area contributed by atoms with Gasteiger partial charge in [-0.15, -0.1) is 0 Å². The number of aliphatic hydroxyl groups excluding tert-OH is 1. The molecule has 1 aromatic heterocycles. The average molecular weight is 502 g/mol. The Morgan fingerprint density at radius 3 is 2.72 bits per heavy atom. The Hall–Kier alpha value is -2.78. The fraction of sp³-hybridized carbons (Fsp3) is 0.593. The van der Waals surface area contributed by atoms with Crippen LogP contribution < -0.4 is 11.1 Å². The van der Waals surface area contributed by atoms with Gasteiger partial charge in [0, 0.05) is 30.3 Å². The van der Waals surface area contributed by atoms with Crippen molar-refractivity contribution >= 4 is 17.7 Å². The van der Waals surface area contributed by atoms with E-state index in [0.29, 0.717) is 41.6 Å². The maximum Gasteiger partial charge on any atom is 0.310 e. The number of nitrogens with two attached hydrogens (primary N) is 1. The van der Waals surface area contributed by atoms with Gasteiger partial charge in [0.1, 0.15) is 11.6 Å². The molecule has 2 aromatic rings. The van der Waals surface area contributed by atoms with Gasteiger partial charge in [-0.2, -0.15) is 4.98 Å². The van der Waals surface area contributed by atoms with E-state index in [1.54, 1.807) is 12.1 Å². The van der Waals surface area contributed by atoms with Crippen molar-refractivity contribution in [1.82, 2.24) is 14.9 Å². The Morgan fingerprint density at radius 2 is 2.06 bits per heavy atom. The molecule has 0 radical (unpaired) electrons. The predicted octanol–water partition coefficient (Wildman–Crippen LogP) is 3.49. The van der Waals surface area contributed by atoms with Crippen LogP contribution in [0.15, 0.2) is 18.2 Å². The van der Waals surface area contributed by atoms with Gasteiger partial charge < -0.3 is 25.8 Å². The number of hydrogen-bond donors (Lipinski definition) is 3. The quantitative estimate of drug-likeness (QED) is 0.379. The molecule has 0 spiro atoms. The average Bonchev–Trinajstić information content (AvgIpc) is 2.82. The molecule has 1 aromatic carbocycles. The normalized spacial score (nSPS) is 15.6. The molecule has 8 nitrogen and oxygen atoms in total. The van der Waals surface area contributed by atoms with Crippen molar-refractivity contribution in [3.8, 4) is 0 Å². The number of hydrogen-bond acceptors (Lipinski definition) is 8. The van der Waals surface area contributed by atoms with E-state index in [1.165, 1.54) is 6.07 Å². The molecule has 0 bridgehead atoms. The third-order valence-corrected chi connectivity index (χ3v) is 6.84.